The number of hydrogen-bond donors (Lipinski definition) is 1. The maximum absolute atomic E-state index is 14.5. The number of ether oxygens (including phenoxy) is 1. The number of esters is 1. The van der Waals surface area contributed by atoms with Gasteiger partial charge in [-0.1, -0.05) is 18.2 Å². The standard InChI is InChI=1S/C18H19FN4O2/c1-11-15(17(24)25-12-6-2-3-7-12)16(13-8-4-5-9-14(13)19)23-18(22-11)20-10-21-23/h4-5,8-10,12,16H,2-3,6-7H2,1H3,(H,20,21,22)/t16-/m0/s1. The Balaban J connectivity index is 1.76. The molecule has 6 nitrogen and oxygen atoms in total. The van der Waals surface area contributed by atoms with Gasteiger partial charge in [0.1, 0.15) is 24.3 Å². The first-order chi connectivity index (χ1) is 12.1. The van der Waals surface area contributed by atoms with Gasteiger partial charge in [0.2, 0.25) is 5.95 Å². The molecule has 1 aromatic heterocycles. The van der Waals surface area contributed by atoms with Crippen molar-refractivity contribution in [1.29, 1.82) is 0 Å². The smallest absolute Gasteiger partial charge is 0.338 e. The van der Waals surface area contributed by atoms with Gasteiger partial charge < -0.3 is 10.1 Å². The minimum Gasteiger partial charge on any atom is -0.459 e. The van der Waals surface area contributed by atoms with E-state index in [0.717, 1.165) is 25.7 Å². The van der Waals surface area contributed by atoms with Crippen LogP contribution >= 0.6 is 0 Å². The molecule has 0 unspecified atom stereocenters. The molecule has 1 N–H and O–H groups in total. The molecule has 0 saturated heterocycles. The number of rotatable bonds is 3. The van der Waals surface area contributed by atoms with Crippen molar-refractivity contribution in [2.45, 2.75) is 44.8 Å². The van der Waals surface area contributed by atoms with Gasteiger partial charge in [-0.15, -0.1) is 0 Å². The van der Waals surface area contributed by atoms with E-state index in [9.17, 15) is 9.18 Å². The van der Waals surface area contributed by atoms with Crippen LogP contribution in [-0.4, -0.2) is 26.8 Å². The molecule has 2 aromatic rings. The molecule has 2 heterocycles. The maximum atomic E-state index is 14.5. The lowest BCUT2D eigenvalue weighted by Crippen LogP contribution is -2.31. The number of allylic oxidation sites excluding steroid dienone is 1. The molecule has 1 saturated carbocycles. The Labute approximate surface area is 144 Å². The Hall–Kier alpha value is -2.70. The normalized spacial score (nSPS) is 20.3. The van der Waals surface area contributed by atoms with Gasteiger partial charge in [-0.25, -0.2) is 13.9 Å². The molecule has 0 bridgehead atoms. The molecule has 130 valence electrons. The molecule has 1 fully saturated rings. The van der Waals surface area contributed by atoms with Crippen molar-refractivity contribution in [2.75, 3.05) is 5.32 Å². The number of fused-ring (bicyclic) bond motifs is 1. The molecule has 0 spiro atoms. The summed E-state index contributed by atoms with van der Waals surface area (Å²) >= 11 is 0. The molecule has 1 aromatic carbocycles. The highest BCUT2D eigenvalue weighted by Crippen LogP contribution is 2.37. The highest BCUT2D eigenvalue weighted by Gasteiger charge is 2.36. The van der Waals surface area contributed by atoms with Crippen molar-refractivity contribution < 1.29 is 13.9 Å². The Morgan fingerprint density at radius 2 is 2.08 bits per heavy atom. The Morgan fingerprint density at radius 3 is 2.84 bits per heavy atom. The Kier molecular flexibility index (Phi) is 3.99. The summed E-state index contributed by atoms with van der Waals surface area (Å²) in [5, 5.41) is 7.25. The summed E-state index contributed by atoms with van der Waals surface area (Å²) in [5.41, 5.74) is 1.35. The monoisotopic (exact) mass is 342 g/mol. The summed E-state index contributed by atoms with van der Waals surface area (Å²) in [5.74, 6) is -0.343. The Bertz CT molecular complexity index is 839. The van der Waals surface area contributed by atoms with Gasteiger partial charge in [0.25, 0.3) is 0 Å². The first-order valence-electron chi connectivity index (χ1n) is 8.48. The van der Waals surface area contributed by atoms with Crippen LogP contribution in [0.25, 0.3) is 0 Å². The largest absolute Gasteiger partial charge is 0.459 e. The molecule has 2 aliphatic rings. The average molecular weight is 342 g/mol. The zero-order valence-corrected chi connectivity index (χ0v) is 13.9. The lowest BCUT2D eigenvalue weighted by molar-refractivity contribution is -0.144. The van der Waals surface area contributed by atoms with Crippen LogP contribution in [0.15, 0.2) is 41.9 Å². The van der Waals surface area contributed by atoms with Crippen molar-refractivity contribution in [2.24, 2.45) is 0 Å². The molecular formula is C18H19FN4O2. The van der Waals surface area contributed by atoms with Gasteiger partial charge in [0.05, 0.1) is 5.57 Å². The number of hydrogen-bond acceptors (Lipinski definition) is 5. The number of nitrogens with zero attached hydrogens (tertiary/aromatic N) is 3. The van der Waals surface area contributed by atoms with Crippen LogP contribution in [-0.2, 0) is 9.53 Å². The molecular weight excluding hydrogens is 323 g/mol. The van der Waals surface area contributed by atoms with Crippen LogP contribution in [0, 0.1) is 5.82 Å². The molecule has 25 heavy (non-hydrogen) atoms. The predicted molar refractivity (Wildman–Crippen MR) is 89.2 cm³/mol. The summed E-state index contributed by atoms with van der Waals surface area (Å²) in [6, 6.07) is 5.70. The van der Waals surface area contributed by atoms with E-state index in [1.807, 2.05) is 0 Å². The lowest BCUT2D eigenvalue weighted by atomic mass is 9.95. The minimum atomic E-state index is -0.700. The minimum absolute atomic E-state index is 0.0637. The molecule has 1 aliphatic heterocycles. The fraction of sp³-hybridized carbons (Fsp3) is 0.389. The van der Waals surface area contributed by atoms with E-state index in [1.54, 1.807) is 25.1 Å². The molecule has 0 amide bonds. The molecule has 7 heteroatoms. The van der Waals surface area contributed by atoms with Crippen molar-refractivity contribution in [1.82, 2.24) is 14.8 Å². The highest BCUT2D eigenvalue weighted by molar-refractivity contribution is 5.92. The number of aromatic nitrogens is 3. The SMILES string of the molecule is CC1=C(C(=O)OC2CCCC2)[C@H](c2ccccc2F)n2ncnc2N1. The van der Waals surface area contributed by atoms with Gasteiger partial charge >= 0.3 is 5.97 Å². The van der Waals surface area contributed by atoms with E-state index in [4.69, 9.17) is 4.74 Å². The van der Waals surface area contributed by atoms with E-state index in [-0.39, 0.29) is 6.10 Å². The number of nitrogens with one attached hydrogen (secondary N) is 1. The van der Waals surface area contributed by atoms with Crippen molar-refractivity contribution in [3.05, 3.63) is 53.2 Å². The first-order valence-corrected chi connectivity index (χ1v) is 8.48. The fourth-order valence-corrected chi connectivity index (χ4v) is 3.56. The second kappa shape index (κ2) is 6.31. The predicted octanol–water partition coefficient (Wildman–Crippen LogP) is 3.19. The topological polar surface area (TPSA) is 69.0 Å². The van der Waals surface area contributed by atoms with Gasteiger partial charge in [-0.05, 0) is 38.7 Å². The lowest BCUT2D eigenvalue weighted by Gasteiger charge is -2.29. The molecule has 1 atom stereocenters. The summed E-state index contributed by atoms with van der Waals surface area (Å²) in [6.07, 6.45) is 5.21. The first kappa shape index (κ1) is 15.8. The third-order valence-electron chi connectivity index (χ3n) is 4.79. The quantitative estimate of drug-likeness (QED) is 0.868. The Morgan fingerprint density at radius 1 is 1.32 bits per heavy atom. The van der Waals surface area contributed by atoms with Crippen molar-refractivity contribution in [3.63, 3.8) is 0 Å². The molecule has 0 radical (unpaired) electrons. The third-order valence-corrected chi connectivity index (χ3v) is 4.79. The van der Waals surface area contributed by atoms with Crippen LogP contribution in [0.2, 0.25) is 0 Å². The zero-order valence-electron chi connectivity index (χ0n) is 13.9. The van der Waals surface area contributed by atoms with E-state index in [1.165, 1.54) is 17.1 Å². The molecule has 1 aliphatic carbocycles. The molecule has 4 rings (SSSR count). The number of halogens is 1. The second-order valence-electron chi connectivity index (χ2n) is 6.43. The summed E-state index contributed by atoms with van der Waals surface area (Å²) in [6.45, 7) is 1.78. The number of benzene rings is 1. The van der Waals surface area contributed by atoms with Crippen molar-refractivity contribution in [3.8, 4) is 0 Å². The van der Waals surface area contributed by atoms with E-state index in [0.29, 0.717) is 22.8 Å². The summed E-state index contributed by atoms with van der Waals surface area (Å²) in [7, 11) is 0. The van der Waals surface area contributed by atoms with Gasteiger partial charge in [0, 0.05) is 11.3 Å². The van der Waals surface area contributed by atoms with Crippen LogP contribution in [0.3, 0.4) is 0 Å². The third kappa shape index (κ3) is 2.79. The van der Waals surface area contributed by atoms with Gasteiger partial charge in [0.15, 0.2) is 0 Å². The van der Waals surface area contributed by atoms with Crippen molar-refractivity contribution >= 4 is 11.9 Å². The van der Waals surface area contributed by atoms with Gasteiger partial charge in [-0.3, -0.25) is 0 Å². The van der Waals surface area contributed by atoms with Crippen LogP contribution in [0.5, 0.6) is 0 Å². The number of carbonyl (C=O) groups is 1. The van der Waals surface area contributed by atoms with E-state index in [2.05, 4.69) is 15.4 Å². The second-order valence-corrected chi connectivity index (χ2v) is 6.43. The van der Waals surface area contributed by atoms with Gasteiger partial charge in [-0.2, -0.15) is 10.1 Å². The zero-order chi connectivity index (χ0) is 17.4. The van der Waals surface area contributed by atoms with Crippen LogP contribution in [0.1, 0.15) is 44.2 Å². The summed E-state index contributed by atoms with van der Waals surface area (Å²) in [4.78, 5) is 17.0. The number of anilines is 1. The van der Waals surface area contributed by atoms with Crippen LogP contribution < -0.4 is 5.32 Å². The maximum Gasteiger partial charge on any atom is 0.338 e. The average Bonchev–Trinajstić information content (AvgIpc) is 3.25. The van der Waals surface area contributed by atoms with Crippen LogP contribution in [0.4, 0.5) is 10.3 Å². The fourth-order valence-electron chi connectivity index (χ4n) is 3.56. The van der Waals surface area contributed by atoms with E-state index >= 15 is 0 Å². The van der Waals surface area contributed by atoms with E-state index < -0.39 is 17.8 Å². The highest BCUT2D eigenvalue weighted by atomic mass is 19.1. The summed E-state index contributed by atoms with van der Waals surface area (Å²) < 4.78 is 21.7. The number of carbonyl (C=O) groups excluding carboxylic acids is 1.